The summed E-state index contributed by atoms with van der Waals surface area (Å²) in [7, 11) is -2.38. The Labute approximate surface area is 116 Å². The third kappa shape index (κ3) is 3.09. The topological polar surface area (TPSA) is 106 Å². The zero-order chi connectivity index (χ0) is 14.8. The molecule has 7 nitrogen and oxygen atoms in total. The highest BCUT2D eigenvalue weighted by molar-refractivity contribution is 7.90. The van der Waals surface area contributed by atoms with E-state index in [1.165, 1.54) is 37.5 Å². The lowest BCUT2D eigenvalue weighted by Crippen LogP contribution is -2.36. The van der Waals surface area contributed by atoms with Crippen LogP contribution in [0.4, 0.5) is 5.69 Å². The van der Waals surface area contributed by atoms with E-state index < -0.39 is 10.0 Å². The van der Waals surface area contributed by atoms with Crippen LogP contribution in [-0.2, 0) is 14.8 Å². The van der Waals surface area contributed by atoms with Gasteiger partial charge in [-0.1, -0.05) is 6.58 Å². The minimum absolute atomic E-state index is 0.0533. The van der Waals surface area contributed by atoms with Gasteiger partial charge < -0.3 is 21.1 Å². The van der Waals surface area contributed by atoms with Gasteiger partial charge in [-0.05, 0) is 24.3 Å². The Morgan fingerprint density at radius 1 is 1.25 bits per heavy atom. The van der Waals surface area contributed by atoms with E-state index in [-0.39, 0.29) is 10.7 Å². The van der Waals surface area contributed by atoms with Crippen LogP contribution in [0.15, 0.2) is 57.9 Å². The van der Waals surface area contributed by atoms with E-state index in [0.29, 0.717) is 17.4 Å². The monoisotopic (exact) mass is 294 g/mol. The predicted molar refractivity (Wildman–Crippen MR) is 76.0 cm³/mol. The molecule has 0 amide bonds. The van der Waals surface area contributed by atoms with E-state index in [4.69, 9.17) is 10.5 Å². The maximum Gasteiger partial charge on any atom is 0.284 e. The Kier molecular flexibility index (Phi) is 3.66. The second kappa shape index (κ2) is 5.25. The first-order valence-corrected chi connectivity index (χ1v) is 7.04. The lowest BCUT2D eigenvalue weighted by Gasteiger charge is -2.19. The van der Waals surface area contributed by atoms with Gasteiger partial charge in [0.25, 0.3) is 10.0 Å². The third-order valence-corrected chi connectivity index (χ3v) is 3.74. The maximum atomic E-state index is 12.1. The highest BCUT2D eigenvalue weighted by atomic mass is 32.2. The molecule has 0 radical (unpaired) electrons. The van der Waals surface area contributed by atoms with Gasteiger partial charge in [-0.3, -0.25) is 0 Å². The third-order valence-electron chi connectivity index (χ3n) is 2.44. The molecule has 0 atom stereocenters. The van der Waals surface area contributed by atoms with Gasteiger partial charge >= 0.3 is 0 Å². The van der Waals surface area contributed by atoms with Gasteiger partial charge in [-0.25, -0.2) is 0 Å². The number of methoxy groups -OCH3 is 1. The zero-order valence-corrected chi connectivity index (χ0v) is 11.6. The summed E-state index contributed by atoms with van der Waals surface area (Å²) >= 11 is 0. The number of hydrogen-bond donors (Lipinski definition) is 3. The number of hydrogen-bond acceptors (Lipinski definition) is 5. The maximum absolute atomic E-state index is 12.1. The first-order valence-electron chi connectivity index (χ1n) is 5.60. The highest BCUT2D eigenvalue weighted by Crippen LogP contribution is 2.15. The molecule has 0 fully saturated rings. The molecule has 2 rings (SSSR count). The number of benzene rings is 1. The van der Waals surface area contributed by atoms with Crippen molar-refractivity contribution >= 4 is 21.5 Å². The van der Waals surface area contributed by atoms with E-state index in [2.05, 4.69) is 21.6 Å². The lowest BCUT2D eigenvalue weighted by molar-refractivity contribution is 0.267. The quantitative estimate of drug-likeness (QED) is 0.701. The summed E-state index contributed by atoms with van der Waals surface area (Å²) in [6.45, 7) is 3.64. The fraction of sp³-hybridized carbons (Fsp3) is 0.0833. The Bertz CT molecular complexity index is 690. The van der Waals surface area contributed by atoms with Crippen LogP contribution >= 0.6 is 0 Å². The molecule has 1 aliphatic heterocycles. The van der Waals surface area contributed by atoms with Crippen molar-refractivity contribution in [2.24, 2.45) is 4.40 Å². The highest BCUT2D eigenvalue weighted by Gasteiger charge is 2.17. The fourth-order valence-electron chi connectivity index (χ4n) is 1.51. The summed E-state index contributed by atoms with van der Waals surface area (Å²) < 4.78 is 32.9. The van der Waals surface area contributed by atoms with Gasteiger partial charge in [0.1, 0.15) is 11.7 Å². The number of nitrogens with one attached hydrogen (secondary N) is 2. The standard InChI is InChI=1S/C12H14N4O3S/c1-8-14-11(7-12(15-8)19-2)16-20(17,18)10-5-3-9(13)4-6-10/h3-7,15H,1,13H2,2H3,(H,14,16). The number of nitrogens with zero attached hydrogens (tertiary/aromatic N) is 1. The number of ether oxygens (including phenoxy) is 1. The van der Waals surface area contributed by atoms with Crippen molar-refractivity contribution in [2.75, 3.05) is 12.8 Å². The molecule has 1 aromatic rings. The molecular formula is C12H14N4O3S. The number of anilines is 1. The normalized spacial score (nSPS) is 17.1. The van der Waals surface area contributed by atoms with Crippen LogP contribution in [0, 0.1) is 0 Å². The SMILES string of the molecule is C=C1NC(OC)=C/C(=N\S(=O)(=O)c2ccc(N)cc2)N1. The molecule has 4 N–H and O–H groups in total. The Balaban J connectivity index is 2.38. The van der Waals surface area contributed by atoms with Gasteiger partial charge in [-0.15, -0.1) is 4.40 Å². The van der Waals surface area contributed by atoms with Crippen LogP contribution < -0.4 is 16.4 Å². The van der Waals surface area contributed by atoms with Crippen molar-refractivity contribution < 1.29 is 13.2 Å². The minimum Gasteiger partial charge on any atom is -0.482 e. The molecule has 0 unspecified atom stereocenters. The van der Waals surface area contributed by atoms with Crippen LogP contribution in [0.5, 0.6) is 0 Å². The van der Waals surface area contributed by atoms with Gasteiger partial charge in [0.15, 0.2) is 5.88 Å². The minimum atomic E-state index is -3.83. The summed E-state index contributed by atoms with van der Waals surface area (Å²) in [6.07, 6.45) is 1.42. The lowest BCUT2D eigenvalue weighted by atomic mass is 10.3. The number of nitrogens with two attached hydrogens (primary N) is 1. The summed E-state index contributed by atoms with van der Waals surface area (Å²) in [5, 5.41) is 5.47. The molecule has 20 heavy (non-hydrogen) atoms. The first-order chi connectivity index (χ1) is 9.40. The molecule has 8 heteroatoms. The van der Waals surface area contributed by atoms with E-state index in [1.807, 2.05) is 0 Å². The predicted octanol–water partition coefficient (Wildman–Crippen LogP) is 0.508. The molecule has 1 heterocycles. The molecule has 0 saturated heterocycles. The van der Waals surface area contributed by atoms with Crippen LogP contribution in [0.2, 0.25) is 0 Å². The van der Waals surface area contributed by atoms with Crippen molar-refractivity contribution in [3.05, 3.63) is 48.6 Å². The number of sulfonamides is 1. The van der Waals surface area contributed by atoms with E-state index >= 15 is 0 Å². The van der Waals surface area contributed by atoms with Gasteiger partial charge in [0.2, 0.25) is 0 Å². The van der Waals surface area contributed by atoms with Crippen molar-refractivity contribution in [1.29, 1.82) is 0 Å². The molecule has 0 aromatic heterocycles. The van der Waals surface area contributed by atoms with Crippen molar-refractivity contribution in [1.82, 2.24) is 10.6 Å². The second-order valence-electron chi connectivity index (χ2n) is 3.96. The summed E-state index contributed by atoms with van der Waals surface area (Å²) in [5.74, 6) is 0.832. The first kappa shape index (κ1) is 13.9. The van der Waals surface area contributed by atoms with Crippen molar-refractivity contribution in [2.45, 2.75) is 4.90 Å². The molecule has 106 valence electrons. The largest absolute Gasteiger partial charge is 0.482 e. The molecule has 1 aliphatic rings. The molecular weight excluding hydrogens is 280 g/mol. The molecule has 0 spiro atoms. The summed E-state index contributed by atoms with van der Waals surface area (Å²) in [6, 6.07) is 5.79. The average Bonchev–Trinajstić information content (AvgIpc) is 2.37. The van der Waals surface area contributed by atoms with E-state index in [0.717, 1.165) is 0 Å². The van der Waals surface area contributed by atoms with Crippen molar-refractivity contribution in [3.63, 3.8) is 0 Å². The van der Waals surface area contributed by atoms with E-state index in [1.54, 1.807) is 0 Å². The molecule has 1 aromatic carbocycles. The number of amidine groups is 1. The van der Waals surface area contributed by atoms with Crippen LogP contribution in [0.1, 0.15) is 0 Å². The van der Waals surface area contributed by atoms with Gasteiger partial charge in [-0.2, -0.15) is 8.42 Å². The van der Waals surface area contributed by atoms with Crippen LogP contribution in [0.3, 0.4) is 0 Å². The molecule has 0 saturated carbocycles. The van der Waals surface area contributed by atoms with Crippen LogP contribution in [-0.4, -0.2) is 21.4 Å². The smallest absolute Gasteiger partial charge is 0.284 e. The molecule has 0 bridgehead atoms. The second-order valence-corrected chi connectivity index (χ2v) is 5.57. The van der Waals surface area contributed by atoms with Gasteiger partial charge in [0, 0.05) is 11.8 Å². The van der Waals surface area contributed by atoms with E-state index in [9.17, 15) is 8.42 Å². The Morgan fingerprint density at radius 2 is 1.90 bits per heavy atom. The average molecular weight is 294 g/mol. The van der Waals surface area contributed by atoms with Crippen molar-refractivity contribution in [3.8, 4) is 0 Å². The molecule has 0 aliphatic carbocycles. The zero-order valence-electron chi connectivity index (χ0n) is 10.8. The summed E-state index contributed by atoms with van der Waals surface area (Å²) in [4.78, 5) is 0.0533. The van der Waals surface area contributed by atoms with Crippen LogP contribution in [0.25, 0.3) is 0 Å². The fourth-order valence-corrected chi connectivity index (χ4v) is 2.45. The Hall–Kier alpha value is -2.48. The summed E-state index contributed by atoms with van der Waals surface area (Å²) in [5.41, 5.74) is 6.00. The van der Waals surface area contributed by atoms with Gasteiger partial charge in [0.05, 0.1) is 12.0 Å². The number of nitrogen functional groups attached to an aromatic ring is 1. The number of rotatable bonds is 3. The Morgan fingerprint density at radius 3 is 2.50 bits per heavy atom.